The molecular weight excluding hydrogens is 562 g/mol. The van der Waals surface area contributed by atoms with E-state index in [1.807, 2.05) is 83.7 Å². The maximum Gasteiger partial charge on any atom is 0.291 e. The number of fused-ring (bicyclic) bond motifs is 2. The predicted molar refractivity (Wildman–Crippen MR) is 167 cm³/mol. The maximum atomic E-state index is 13.4. The van der Waals surface area contributed by atoms with Gasteiger partial charge in [0, 0.05) is 23.7 Å². The number of thiazole rings is 1. The average Bonchev–Trinajstić information content (AvgIpc) is 3.79. The van der Waals surface area contributed by atoms with Gasteiger partial charge in [-0.1, -0.05) is 41.7 Å². The van der Waals surface area contributed by atoms with E-state index in [0.29, 0.717) is 26.8 Å². The largest absolute Gasteiger partial charge is 0.493 e. The van der Waals surface area contributed by atoms with Crippen LogP contribution < -0.4 is 24.3 Å². The van der Waals surface area contributed by atoms with Gasteiger partial charge in [0.2, 0.25) is 4.96 Å². The summed E-state index contributed by atoms with van der Waals surface area (Å²) in [6, 6.07) is 21.7. The molecule has 0 bridgehead atoms. The van der Waals surface area contributed by atoms with E-state index in [2.05, 4.69) is 23.1 Å². The van der Waals surface area contributed by atoms with Crippen molar-refractivity contribution in [1.82, 2.24) is 24.4 Å². The van der Waals surface area contributed by atoms with Gasteiger partial charge in [0.15, 0.2) is 17.3 Å². The average molecular weight is 590 g/mol. The number of hydrogen-bond acceptors (Lipinski definition) is 8. The molecule has 0 aliphatic carbocycles. The zero-order valence-electron chi connectivity index (χ0n) is 23.7. The van der Waals surface area contributed by atoms with E-state index in [0.717, 1.165) is 45.8 Å². The Kier molecular flexibility index (Phi) is 6.75. The molecule has 6 aromatic rings. The molecule has 0 saturated heterocycles. The maximum absolute atomic E-state index is 13.4. The van der Waals surface area contributed by atoms with Gasteiger partial charge in [-0.2, -0.15) is 14.6 Å². The second-order valence-corrected chi connectivity index (χ2v) is 11.2. The van der Waals surface area contributed by atoms with Crippen LogP contribution in [0.4, 0.5) is 0 Å². The monoisotopic (exact) mass is 589 g/mol. The van der Waals surface area contributed by atoms with Crippen molar-refractivity contribution < 1.29 is 14.2 Å². The van der Waals surface area contributed by atoms with Crippen molar-refractivity contribution in [3.8, 4) is 34.2 Å². The molecule has 1 atom stereocenters. The predicted octanol–water partition coefficient (Wildman–Crippen LogP) is 5.06. The minimum Gasteiger partial charge on any atom is -0.493 e. The van der Waals surface area contributed by atoms with Gasteiger partial charge in [-0.15, -0.1) is 5.10 Å². The highest BCUT2D eigenvalue weighted by atomic mass is 32.1. The van der Waals surface area contributed by atoms with Gasteiger partial charge in [0.25, 0.3) is 5.56 Å². The Bertz CT molecular complexity index is 2110. The number of ether oxygens (including phenoxy) is 3. The first-order valence-electron chi connectivity index (χ1n) is 13.8. The summed E-state index contributed by atoms with van der Waals surface area (Å²) in [6.07, 6.45) is 8.45. The van der Waals surface area contributed by atoms with Gasteiger partial charge in [-0.05, 0) is 72.7 Å². The van der Waals surface area contributed by atoms with Crippen molar-refractivity contribution in [2.24, 2.45) is 0 Å². The second kappa shape index (κ2) is 10.9. The molecule has 0 saturated carbocycles. The zero-order chi connectivity index (χ0) is 29.5. The van der Waals surface area contributed by atoms with Gasteiger partial charge in [-0.25, -0.2) is 4.68 Å². The number of methoxy groups -OCH3 is 2. The molecule has 1 aliphatic rings. The summed E-state index contributed by atoms with van der Waals surface area (Å²) >= 11 is 1.30. The lowest BCUT2D eigenvalue weighted by molar-refractivity contribution is 0.254. The number of benzene rings is 3. The van der Waals surface area contributed by atoms with Gasteiger partial charge in [0.1, 0.15) is 17.5 Å². The van der Waals surface area contributed by atoms with Crippen LogP contribution in [-0.4, -0.2) is 44.7 Å². The fourth-order valence-corrected chi connectivity index (χ4v) is 6.09. The fraction of sp³-hybridized carbons (Fsp3) is 0.152. The molecule has 1 aliphatic heterocycles. The number of hydrogen-bond donors (Lipinski definition) is 0. The quantitative estimate of drug-likeness (QED) is 0.257. The summed E-state index contributed by atoms with van der Waals surface area (Å²) in [5.74, 6) is 2.63. The molecule has 10 heteroatoms. The van der Waals surface area contributed by atoms with Gasteiger partial charge in [0.05, 0.1) is 24.4 Å². The van der Waals surface area contributed by atoms with Crippen LogP contribution in [0.1, 0.15) is 29.4 Å². The molecule has 214 valence electrons. The van der Waals surface area contributed by atoms with E-state index in [4.69, 9.17) is 19.3 Å². The van der Waals surface area contributed by atoms with Crippen LogP contribution in [0, 0.1) is 0 Å². The topological polar surface area (TPSA) is 92.8 Å². The van der Waals surface area contributed by atoms with Crippen LogP contribution >= 0.6 is 11.3 Å². The van der Waals surface area contributed by atoms with Crippen molar-refractivity contribution >= 4 is 34.5 Å². The first-order chi connectivity index (χ1) is 21.0. The standard InChI is InChI=1S/C33H27N5O4S/c1-20-15-23-17-22(11-13-26(23)42-20)31-24(19-37(36-31)25-7-5-4-6-8-25)18-29-32(39)38-33(43-29)34-30(35-38)14-10-21-9-12-27(40-2)28(16-21)41-3/h4-14,16-20H,15H2,1-3H3/b14-10+,29-18-/t20-/m0/s1. The highest BCUT2D eigenvalue weighted by Gasteiger charge is 2.21. The van der Waals surface area contributed by atoms with Crippen molar-refractivity contribution in [1.29, 1.82) is 0 Å². The summed E-state index contributed by atoms with van der Waals surface area (Å²) in [5, 5.41) is 9.39. The SMILES string of the molecule is COc1ccc(/C=C/c2nc3s/c(=C\c4cn(-c5ccccc5)nc4-c4ccc5c(c4)C[C@H](C)O5)c(=O)n3n2)cc1OC. The third kappa shape index (κ3) is 5.06. The molecule has 7 rings (SSSR count). The molecule has 0 N–H and O–H groups in total. The van der Waals surface area contributed by atoms with Crippen LogP contribution in [-0.2, 0) is 6.42 Å². The van der Waals surface area contributed by atoms with E-state index in [-0.39, 0.29) is 11.7 Å². The highest BCUT2D eigenvalue weighted by Crippen LogP contribution is 2.34. The molecule has 9 nitrogen and oxygen atoms in total. The molecule has 4 heterocycles. The number of nitrogens with zero attached hydrogens (tertiary/aromatic N) is 5. The number of rotatable bonds is 7. The lowest BCUT2D eigenvalue weighted by Crippen LogP contribution is -2.23. The Labute approximate surface area is 250 Å². The molecule has 3 aromatic heterocycles. The summed E-state index contributed by atoms with van der Waals surface area (Å²) in [6.45, 7) is 2.07. The molecule has 3 aromatic carbocycles. The van der Waals surface area contributed by atoms with Crippen molar-refractivity contribution in [3.05, 3.63) is 110 Å². The molecular formula is C33H27N5O4S. The van der Waals surface area contributed by atoms with Crippen molar-refractivity contribution in [3.63, 3.8) is 0 Å². The third-order valence-corrected chi connectivity index (χ3v) is 8.21. The van der Waals surface area contributed by atoms with E-state index in [1.165, 1.54) is 15.9 Å². The second-order valence-electron chi connectivity index (χ2n) is 10.2. The third-order valence-electron chi connectivity index (χ3n) is 7.25. The Balaban J connectivity index is 1.26. The van der Waals surface area contributed by atoms with E-state index < -0.39 is 0 Å². The molecule has 0 unspecified atom stereocenters. The summed E-state index contributed by atoms with van der Waals surface area (Å²) in [5.41, 5.74) is 5.32. The van der Waals surface area contributed by atoms with Gasteiger partial charge >= 0.3 is 0 Å². The van der Waals surface area contributed by atoms with Crippen molar-refractivity contribution in [2.75, 3.05) is 14.2 Å². The first-order valence-corrected chi connectivity index (χ1v) is 14.6. The molecule has 0 amide bonds. The first kappa shape index (κ1) is 26.7. The minimum absolute atomic E-state index is 0.148. The lowest BCUT2D eigenvalue weighted by atomic mass is 10.0. The number of aromatic nitrogens is 5. The van der Waals surface area contributed by atoms with E-state index >= 15 is 0 Å². The Hall–Kier alpha value is -5.22. The van der Waals surface area contributed by atoms with Crippen LogP contribution in [0.5, 0.6) is 17.2 Å². The van der Waals surface area contributed by atoms with Crippen LogP contribution in [0.3, 0.4) is 0 Å². The van der Waals surface area contributed by atoms with Crippen LogP contribution in [0.2, 0.25) is 0 Å². The highest BCUT2D eigenvalue weighted by molar-refractivity contribution is 7.15. The Morgan fingerprint density at radius 1 is 0.977 bits per heavy atom. The molecule has 43 heavy (non-hydrogen) atoms. The minimum atomic E-state index is -0.229. The lowest BCUT2D eigenvalue weighted by Gasteiger charge is -2.07. The van der Waals surface area contributed by atoms with Crippen molar-refractivity contribution in [2.45, 2.75) is 19.4 Å². The number of para-hydroxylation sites is 1. The van der Waals surface area contributed by atoms with E-state index in [9.17, 15) is 4.79 Å². The molecule has 0 radical (unpaired) electrons. The molecule has 0 spiro atoms. The fourth-order valence-electron chi connectivity index (χ4n) is 5.19. The summed E-state index contributed by atoms with van der Waals surface area (Å²) < 4.78 is 20.3. The smallest absolute Gasteiger partial charge is 0.291 e. The normalized spacial score (nSPS) is 14.9. The van der Waals surface area contributed by atoms with E-state index in [1.54, 1.807) is 20.3 Å². The summed E-state index contributed by atoms with van der Waals surface area (Å²) in [7, 11) is 3.19. The van der Waals surface area contributed by atoms with Gasteiger partial charge < -0.3 is 14.2 Å². The zero-order valence-corrected chi connectivity index (χ0v) is 24.5. The Morgan fingerprint density at radius 2 is 1.81 bits per heavy atom. The van der Waals surface area contributed by atoms with Crippen LogP contribution in [0.25, 0.3) is 40.1 Å². The van der Waals surface area contributed by atoms with Gasteiger partial charge in [-0.3, -0.25) is 4.79 Å². The summed E-state index contributed by atoms with van der Waals surface area (Å²) in [4.78, 5) is 18.5. The van der Waals surface area contributed by atoms with Crippen LogP contribution in [0.15, 0.2) is 77.7 Å². The molecule has 0 fully saturated rings. The Morgan fingerprint density at radius 3 is 2.60 bits per heavy atom.